The standard InChI is InChI=1S/C15H21N3O2/c1-4-20-13-7-5-12(6-8-13)14(16-2)11-18-10-9-17(3)15(18)19/h5-10,14,16H,4,11H2,1-3H3. The van der Waals surface area contributed by atoms with Gasteiger partial charge in [0.1, 0.15) is 5.75 Å². The number of rotatable bonds is 6. The Morgan fingerprint density at radius 1 is 1.25 bits per heavy atom. The molecule has 0 saturated heterocycles. The van der Waals surface area contributed by atoms with E-state index in [9.17, 15) is 4.79 Å². The largest absolute Gasteiger partial charge is 0.494 e. The topological polar surface area (TPSA) is 48.2 Å². The van der Waals surface area contributed by atoms with Crippen LogP contribution in [0.2, 0.25) is 0 Å². The maximum absolute atomic E-state index is 11.9. The Bertz CT molecular complexity index is 598. The van der Waals surface area contributed by atoms with Crippen molar-refractivity contribution in [2.75, 3.05) is 13.7 Å². The van der Waals surface area contributed by atoms with Gasteiger partial charge in [0.2, 0.25) is 0 Å². The summed E-state index contributed by atoms with van der Waals surface area (Å²) in [5.74, 6) is 0.864. The van der Waals surface area contributed by atoms with Crippen LogP contribution in [-0.4, -0.2) is 22.8 Å². The van der Waals surface area contributed by atoms with Crippen molar-refractivity contribution in [2.24, 2.45) is 7.05 Å². The maximum Gasteiger partial charge on any atom is 0.327 e. The second kappa shape index (κ2) is 6.43. The highest BCUT2D eigenvalue weighted by molar-refractivity contribution is 5.29. The van der Waals surface area contributed by atoms with Gasteiger partial charge in [-0.05, 0) is 31.7 Å². The maximum atomic E-state index is 11.9. The van der Waals surface area contributed by atoms with Crippen molar-refractivity contribution < 1.29 is 4.74 Å². The van der Waals surface area contributed by atoms with Crippen LogP contribution in [-0.2, 0) is 13.6 Å². The minimum absolute atomic E-state index is 0.00353. The summed E-state index contributed by atoms with van der Waals surface area (Å²) in [6.45, 7) is 3.23. The highest BCUT2D eigenvalue weighted by atomic mass is 16.5. The van der Waals surface area contributed by atoms with Crippen LogP contribution >= 0.6 is 0 Å². The zero-order valence-corrected chi connectivity index (χ0v) is 12.2. The van der Waals surface area contributed by atoms with Crippen LogP contribution in [0.15, 0.2) is 41.5 Å². The van der Waals surface area contributed by atoms with E-state index in [1.807, 2.05) is 38.2 Å². The molecule has 0 spiro atoms. The first-order valence-electron chi connectivity index (χ1n) is 6.77. The number of likely N-dealkylation sites (N-methyl/N-ethyl adjacent to an activating group) is 1. The van der Waals surface area contributed by atoms with Gasteiger partial charge in [-0.1, -0.05) is 12.1 Å². The molecule has 1 atom stereocenters. The van der Waals surface area contributed by atoms with E-state index in [0.29, 0.717) is 13.2 Å². The summed E-state index contributed by atoms with van der Waals surface area (Å²) in [5.41, 5.74) is 1.13. The molecule has 0 bridgehead atoms. The molecule has 0 amide bonds. The fourth-order valence-electron chi connectivity index (χ4n) is 2.17. The van der Waals surface area contributed by atoms with Gasteiger partial charge in [0, 0.05) is 26.0 Å². The minimum atomic E-state index is -0.00353. The molecule has 0 saturated carbocycles. The fourth-order valence-corrected chi connectivity index (χ4v) is 2.17. The summed E-state index contributed by atoms with van der Waals surface area (Å²) in [7, 11) is 3.65. The third-order valence-corrected chi connectivity index (χ3v) is 3.34. The van der Waals surface area contributed by atoms with E-state index >= 15 is 0 Å². The number of imidazole rings is 1. The zero-order chi connectivity index (χ0) is 14.5. The Kier molecular flexibility index (Phi) is 4.63. The Balaban J connectivity index is 2.15. The lowest BCUT2D eigenvalue weighted by molar-refractivity contribution is 0.340. The zero-order valence-electron chi connectivity index (χ0n) is 12.2. The molecule has 108 valence electrons. The van der Waals surface area contributed by atoms with Crippen molar-refractivity contribution >= 4 is 0 Å². The molecule has 0 fully saturated rings. The SMILES string of the molecule is CCOc1ccc(C(Cn2ccn(C)c2=O)NC)cc1. The van der Waals surface area contributed by atoms with Crippen LogP contribution in [0, 0.1) is 0 Å². The van der Waals surface area contributed by atoms with E-state index in [0.717, 1.165) is 11.3 Å². The number of aryl methyl sites for hydroxylation is 1. The molecule has 5 heteroatoms. The quantitative estimate of drug-likeness (QED) is 0.870. The van der Waals surface area contributed by atoms with Crippen LogP contribution in [0.1, 0.15) is 18.5 Å². The lowest BCUT2D eigenvalue weighted by Gasteiger charge is -2.17. The van der Waals surface area contributed by atoms with Crippen LogP contribution in [0.4, 0.5) is 0 Å². The van der Waals surface area contributed by atoms with Gasteiger partial charge in [0.25, 0.3) is 0 Å². The highest BCUT2D eigenvalue weighted by Crippen LogP contribution is 2.18. The molecule has 0 aliphatic heterocycles. The Morgan fingerprint density at radius 3 is 2.45 bits per heavy atom. The van der Waals surface area contributed by atoms with Gasteiger partial charge in [-0.15, -0.1) is 0 Å². The van der Waals surface area contributed by atoms with E-state index in [-0.39, 0.29) is 11.7 Å². The molecule has 2 aromatic rings. The number of hydrogen-bond acceptors (Lipinski definition) is 3. The number of hydrogen-bond donors (Lipinski definition) is 1. The fraction of sp³-hybridized carbons (Fsp3) is 0.400. The molecular formula is C15H21N3O2. The molecule has 1 aromatic carbocycles. The third-order valence-electron chi connectivity index (χ3n) is 3.34. The first-order valence-corrected chi connectivity index (χ1v) is 6.77. The van der Waals surface area contributed by atoms with Crippen molar-refractivity contribution in [3.05, 3.63) is 52.7 Å². The van der Waals surface area contributed by atoms with E-state index in [1.165, 1.54) is 0 Å². The van der Waals surface area contributed by atoms with Crippen LogP contribution in [0.5, 0.6) is 5.75 Å². The Hall–Kier alpha value is -2.01. The summed E-state index contributed by atoms with van der Waals surface area (Å²) in [4.78, 5) is 11.9. The van der Waals surface area contributed by atoms with Crippen LogP contribution in [0.3, 0.4) is 0 Å². The van der Waals surface area contributed by atoms with Crippen LogP contribution in [0.25, 0.3) is 0 Å². The van der Waals surface area contributed by atoms with Crippen molar-refractivity contribution in [3.8, 4) is 5.75 Å². The summed E-state index contributed by atoms with van der Waals surface area (Å²) >= 11 is 0. The first kappa shape index (κ1) is 14.4. The highest BCUT2D eigenvalue weighted by Gasteiger charge is 2.12. The molecule has 5 nitrogen and oxygen atoms in total. The van der Waals surface area contributed by atoms with Gasteiger partial charge >= 0.3 is 5.69 Å². The summed E-state index contributed by atoms with van der Waals surface area (Å²) in [6, 6.07) is 8.06. The number of aromatic nitrogens is 2. The first-order chi connectivity index (χ1) is 9.65. The summed E-state index contributed by atoms with van der Waals surface area (Å²) < 4.78 is 8.72. The smallest absolute Gasteiger partial charge is 0.327 e. The lowest BCUT2D eigenvalue weighted by Crippen LogP contribution is -2.29. The second-order valence-corrected chi connectivity index (χ2v) is 4.69. The normalized spacial score (nSPS) is 12.3. The average Bonchev–Trinajstić information content (AvgIpc) is 2.78. The molecule has 0 aliphatic rings. The summed E-state index contributed by atoms with van der Waals surface area (Å²) in [5, 5.41) is 3.24. The van der Waals surface area contributed by atoms with Crippen molar-refractivity contribution in [1.82, 2.24) is 14.5 Å². The summed E-state index contributed by atoms with van der Waals surface area (Å²) in [6.07, 6.45) is 3.58. The second-order valence-electron chi connectivity index (χ2n) is 4.69. The molecule has 1 unspecified atom stereocenters. The predicted octanol–water partition coefficient (Wildman–Crippen LogP) is 1.55. The van der Waals surface area contributed by atoms with Gasteiger partial charge in [-0.3, -0.25) is 4.57 Å². The number of ether oxygens (including phenoxy) is 1. The third kappa shape index (κ3) is 3.11. The molecule has 1 N–H and O–H groups in total. The Morgan fingerprint density at radius 2 is 1.95 bits per heavy atom. The Labute approximate surface area is 118 Å². The molecule has 1 heterocycles. The molecule has 1 aromatic heterocycles. The number of nitrogens with one attached hydrogen (secondary N) is 1. The minimum Gasteiger partial charge on any atom is -0.494 e. The predicted molar refractivity (Wildman–Crippen MR) is 79.1 cm³/mol. The molecule has 2 rings (SSSR count). The average molecular weight is 275 g/mol. The van der Waals surface area contributed by atoms with Gasteiger partial charge in [0.15, 0.2) is 0 Å². The van der Waals surface area contributed by atoms with Gasteiger partial charge in [0.05, 0.1) is 12.6 Å². The number of nitrogens with zero attached hydrogens (tertiary/aromatic N) is 2. The van der Waals surface area contributed by atoms with Crippen molar-refractivity contribution in [1.29, 1.82) is 0 Å². The molecule has 20 heavy (non-hydrogen) atoms. The van der Waals surface area contributed by atoms with E-state index < -0.39 is 0 Å². The van der Waals surface area contributed by atoms with E-state index in [1.54, 1.807) is 28.6 Å². The monoisotopic (exact) mass is 275 g/mol. The van der Waals surface area contributed by atoms with E-state index in [2.05, 4.69) is 5.32 Å². The number of benzene rings is 1. The van der Waals surface area contributed by atoms with E-state index in [4.69, 9.17) is 4.74 Å². The van der Waals surface area contributed by atoms with Crippen molar-refractivity contribution in [3.63, 3.8) is 0 Å². The van der Waals surface area contributed by atoms with Gasteiger partial charge in [-0.2, -0.15) is 0 Å². The molecule has 0 aliphatic carbocycles. The lowest BCUT2D eigenvalue weighted by atomic mass is 10.1. The van der Waals surface area contributed by atoms with Crippen molar-refractivity contribution in [2.45, 2.75) is 19.5 Å². The molecule has 0 radical (unpaired) electrons. The molecular weight excluding hydrogens is 254 g/mol. The van der Waals surface area contributed by atoms with Gasteiger partial charge in [-0.25, -0.2) is 4.79 Å². The van der Waals surface area contributed by atoms with Crippen LogP contribution < -0.4 is 15.7 Å². The van der Waals surface area contributed by atoms with Gasteiger partial charge < -0.3 is 14.6 Å².